The summed E-state index contributed by atoms with van der Waals surface area (Å²) in [6.45, 7) is 0.396. The van der Waals surface area contributed by atoms with Gasteiger partial charge in [0, 0.05) is 44.5 Å². The Labute approximate surface area is 194 Å². The van der Waals surface area contributed by atoms with Crippen LogP contribution in [0.1, 0.15) is 33.1 Å². The molecule has 2 aliphatic heterocycles. The van der Waals surface area contributed by atoms with Crippen LogP contribution in [0.15, 0.2) is 51.7 Å². The van der Waals surface area contributed by atoms with Gasteiger partial charge in [-0.05, 0) is 48.4 Å². The standard InChI is InChI=1S/C22H15BrClFN4O3/c23-11-7-14-18(19(28-21(14)31)13-9-12(25)2-3-15(13)24)16(8-11)26-22(32)29-6-5-10-1-4-17(30)27-20(10)29/h1-4,7-9,19H,5-6H2,(H,26,32)(H,27,30)(H,28,31). The molecular formula is C22H15BrClFN4O3. The maximum atomic E-state index is 13.9. The van der Waals surface area contributed by atoms with Crippen molar-refractivity contribution < 1.29 is 14.0 Å². The van der Waals surface area contributed by atoms with E-state index >= 15 is 0 Å². The Morgan fingerprint density at radius 3 is 2.81 bits per heavy atom. The number of nitrogens with one attached hydrogen (secondary N) is 3. The Hall–Kier alpha value is -3.17. The highest BCUT2D eigenvalue weighted by Crippen LogP contribution is 2.41. The van der Waals surface area contributed by atoms with Crippen LogP contribution < -0.4 is 21.1 Å². The molecule has 3 heterocycles. The van der Waals surface area contributed by atoms with E-state index in [1.165, 1.54) is 29.2 Å². The molecule has 0 saturated heterocycles. The number of amides is 3. The zero-order chi connectivity index (χ0) is 22.6. The quantitative estimate of drug-likeness (QED) is 0.472. The molecule has 2 aromatic carbocycles. The van der Waals surface area contributed by atoms with Crippen LogP contribution in [0, 0.1) is 5.82 Å². The van der Waals surface area contributed by atoms with Crippen molar-refractivity contribution in [1.82, 2.24) is 10.3 Å². The highest BCUT2D eigenvalue weighted by molar-refractivity contribution is 9.10. The number of anilines is 2. The van der Waals surface area contributed by atoms with Gasteiger partial charge in [-0.1, -0.05) is 27.5 Å². The van der Waals surface area contributed by atoms with E-state index < -0.39 is 17.9 Å². The van der Waals surface area contributed by atoms with E-state index in [9.17, 15) is 18.8 Å². The SMILES string of the molecule is O=C1NC(c2cc(F)ccc2Cl)c2c(NC(=O)N3CCc4ccc(=O)[nH]c43)cc(Br)cc21. The maximum Gasteiger partial charge on any atom is 0.327 e. The lowest BCUT2D eigenvalue weighted by Crippen LogP contribution is -2.35. The van der Waals surface area contributed by atoms with E-state index in [0.29, 0.717) is 45.6 Å². The zero-order valence-electron chi connectivity index (χ0n) is 16.3. The first kappa shape index (κ1) is 20.7. The molecule has 2 aliphatic rings. The largest absolute Gasteiger partial charge is 0.341 e. The van der Waals surface area contributed by atoms with E-state index in [1.54, 1.807) is 18.2 Å². The fourth-order valence-electron chi connectivity index (χ4n) is 4.14. The molecule has 3 N–H and O–H groups in total. The van der Waals surface area contributed by atoms with Gasteiger partial charge in [-0.25, -0.2) is 9.18 Å². The van der Waals surface area contributed by atoms with Crippen molar-refractivity contribution in [2.75, 3.05) is 16.8 Å². The summed E-state index contributed by atoms with van der Waals surface area (Å²) in [5, 5.41) is 5.95. The lowest BCUT2D eigenvalue weighted by molar-refractivity contribution is 0.0960. The summed E-state index contributed by atoms with van der Waals surface area (Å²) in [5.74, 6) is -0.411. The minimum Gasteiger partial charge on any atom is -0.341 e. The van der Waals surface area contributed by atoms with Crippen molar-refractivity contribution >= 4 is 51.0 Å². The monoisotopic (exact) mass is 516 g/mol. The molecule has 1 aromatic heterocycles. The van der Waals surface area contributed by atoms with Crippen LogP contribution in [0.25, 0.3) is 0 Å². The van der Waals surface area contributed by atoms with Crippen molar-refractivity contribution in [2.24, 2.45) is 0 Å². The van der Waals surface area contributed by atoms with E-state index in [4.69, 9.17) is 11.6 Å². The zero-order valence-corrected chi connectivity index (χ0v) is 18.7. The Bertz CT molecular complexity index is 1360. The number of hydrogen-bond donors (Lipinski definition) is 3. The van der Waals surface area contributed by atoms with Crippen molar-refractivity contribution in [3.05, 3.63) is 90.4 Å². The van der Waals surface area contributed by atoms with Crippen LogP contribution in [0.4, 0.5) is 20.7 Å². The molecule has 3 aromatic rings. The van der Waals surface area contributed by atoms with Gasteiger partial charge >= 0.3 is 6.03 Å². The number of urea groups is 1. The number of rotatable bonds is 2. The van der Waals surface area contributed by atoms with Gasteiger partial charge in [0.05, 0.1) is 6.04 Å². The van der Waals surface area contributed by atoms with Crippen molar-refractivity contribution in [3.8, 4) is 0 Å². The molecule has 0 spiro atoms. The number of halogens is 3. The number of aromatic nitrogens is 1. The summed E-state index contributed by atoms with van der Waals surface area (Å²) in [6, 6.07) is 9.14. The van der Waals surface area contributed by atoms with Crippen LogP contribution in [0.3, 0.4) is 0 Å². The fraction of sp³-hybridized carbons (Fsp3) is 0.136. The molecule has 1 unspecified atom stereocenters. The Balaban J connectivity index is 1.56. The number of pyridine rings is 1. The fourth-order valence-corrected chi connectivity index (χ4v) is 4.82. The van der Waals surface area contributed by atoms with Gasteiger partial charge in [-0.2, -0.15) is 0 Å². The predicted molar refractivity (Wildman–Crippen MR) is 122 cm³/mol. The summed E-state index contributed by atoms with van der Waals surface area (Å²) < 4.78 is 14.5. The summed E-state index contributed by atoms with van der Waals surface area (Å²) >= 11 is 9.67. The second-order valence-electron chi connectivity index (χ2n) is 7.52. The average molecular weight is 518 g/mol. The normalized spacial score (nSPS) is 16.5. The lowest BCUT2D eigenvalue weighted by atomic mass is 9.96. The maximum absolute atomic E-state index is 13.9. The third-order valence-corrected chi connectivity index (χ3v) is 6.37. The topological polar surface area (TPSA) is 94.3 Å². The molecule has 7 nitrogen and oxygen atoms in total. The van der Waals surface area contributed by atoms with Crippen molar-refractivity contribution in [1.29, 1.82) is 0 Å². The minimum atomic E-state index is -0.741. The first-order valence-corrected chi connectivity index (χ1v) is 10.9. The predicted octanol–water partition coefficient (Wildman–Crippen LogP) is 4.36. The first-order chi connectivity index (χ1) is 15.3. The first-order valence-electron chi connectivity index (χ1n) is 9.72. The van der Waals surface area contributed by atoms with E-state index in [0.717, 1.165) is 5.56 Å². The Morgan fingerprint density at radius 1 is 1.19 bits per heavy atom. The molecule has 5 rings (SSSR count). The van der Waals surface area contributed by atoms with Crippen LogP contribution in [-0.4, -0.2) is 23.5 Å². The number of fused-ring (bicyclic) bond motifs is 2. The number of carbonyl (C=O) groups is 2. The number of H-pyrrole nitrogens is 1. The highest BCUT2D eigenvalue weighted by Gasteiger charge is 2.35. The molecule has 32 heavy (non-hydrogen) atoms. The summed E-state index contributed by atoms with van der Waals surface area (Å²) in [4.78, 5) is 41.7. The highest BCUT2D eigenvalue weighted by atomic mass is 79.9. The second-order valence-corrected chi connectivity index (χ2v) is 8.84. The average Bonchev–Trinajstić information content (AvgIpc) is 3.31. The minimum absolute atomic E-state index is 0.288. The smallest absolute Gasteiger partial charge is 0.327 e. The number of aromatic amines is 1. The van der Waals surface area contributed by atoms with Crippen LogP contribution in [-0.2, 0) is 6.42 Å². The van der Waals surface area contributed by atoms with Crippen molar-refractivity contribution in [3.63, 3.8) is 0 Å². The van der Waals surface area contributed by atoms with Crippen molar-refractivity contribution in [2.45, 2.75) is 12.5 Å². The van der Waals surface area contributed by atoms with Gasteiger partial charge in [0.15, 0.2) is 0 Å². The number of nitrogens with zero attached hydrogens (tertiary/aromatic N) is 1. The van der Waals surface area contributed by atoms with E-state index in [1.807, 2.05) is 0 Å². The molecule has 10 heteroatoms. The molecular weight excluding hydrogens is 503 g/mol. The van der Waals surface area contributed by atoms with Gasteiger partial charge in [-0.15, -0.1) is 0 Å². The summed E-state index contributed by atoms with van der Waals surface area (Å²) in [6.07, 6.45) is 0.609. The number of carbonyl (C=O) groups excluding carboxylic acids is 2. The van der Waals surface area contributed by atoms with Crippen LogP contribution in [0.5, 0.6) is 0 Å². The number of benzene rings is 2. The number of hydrogen-bond acceptors (Lipinski definition) is 3. The van der Waals surface area contributed by atoms with Crippen LogP contribution in [0.2, 0.25) is 5.02 Å². The Morgan fingerprint density at radius 2 is 2.00 bits per heavy atom. The summed E-state index contributed by atoms with van der Waals surface area (Å²) in [5.41, 5.74) is 2.14. The molecule has 0 saturated carbocycles. The van der Waals surface area contributed by atoms with Gasteiger partial charge in [-0.3, -0.25) is 14.5 Å². The van der Waals surface area contributed by atoms with Gasteiger partial charge in [0.25, 0.3) is 5.91 Å². The molecule has 0 bridgehead atoms. The Kier molecular flexibility index (Phi) is 5.02. The molecule has 0 radical (unpaired) electrons. The van der Waals surface area contributed by atoms with Gasteiger partial charge in [0.2, 0.25) is 5.56 Å². The molecule has 0 aliphatic carbocycles. The van der Waals surface area contributed by atoms with E-state index in [-0.39, 0.29) is 16.5 Å². The third-order valence-electron chi connectivity index (χ3n) is 5.57. The lowest BCUT2D eigenvalue weighted by Gasteiger charge is -2.21. The van der Waals surface area contributed by atoms with Gasteiger partial charge < -0.3 is 15.6 Å². The second kappa shape index (κ2) is 7.75. The molecule has 3 amide bonds. The summed E-state index contributed by atoms with van der Waals surface area (Å²) in [7, 11) is 0. The molecule has 162 valence electrons. The van der Waals surface area contributed by atoms with Gasteiger partial charge in [0.1, 0.15) is 11.6 Å². The van der Waals surface area contributed by atoms with E-state index in [2.05, 4.69) is 31.5 Å². The van der Waals surface area contributed by atoms with Crippen LogP contribution >= 0.6 is 27.5 Å². The third kappa shape index (κ3) is 3.47. The molecule has 1 atom stereocenters. The molecule has 0 fully saturated rings.